The van der Waals surface area contributed by atoms with E-state index in [0.29, 0.717) is 18.5 Å². The summed E-state index contributed by atoms with van der Waals surface area (Å²) in [5.41, 5.74) is 1.54. The van der Waals surface area contributed by atoms with Crippen molar-refractivity contribution in [1.29, 1.82) is 0 Å². The number of hydrogen-bond acceptors (Lipinski definition) is 3. The fraction of sp³-hybridized carbons (Fsp3) is 0.357. The zero-order chi connectivity index (χ0) is 14.3. The van der Waals surface area contributed by atoms with Crippen molar-refractivity contribution in [1.82, 2.24) is 5.32 Å². The van der Waals surface area contributed by atoms with Gasteiger partial charge in [0.15, 0.2) is 5.78 Å². The smallest absolute Gasteiger partial charge is 0.303 e. The molecule has 0 bridgehead atoms. The number of hydrogen-bond donors (Lipinski definition) is 2. The molecule has 0 fully saturated rings. The molecule has 0 saturated carbocycles. The highest BCUT2D eigenvalue weighted by Crippen LogP contribution is 2.08. The van der Waals surface area contributed by atoms with E-state index < -0.39 is 5.97 Å². The molecule has 0 radical (unpaired) electrons. The Labute approximate surface area is 111 Å². The number of benzene rings is 1. The van der Waals surface area contributed by atoms with E-state index in [0.717, 1.165) is 5.56 Å². The third kappa shape index (κ3) is 5.81. The molecule has 0 aliphatic heterocycles. The predicted octanol–water partition coefficient (Wildman–Crippen LogP) is 1.41. The molecule has 1 rings (SSSR count). The Morgan fingerprint density at radius 3 is 2.26 bits per heavy atom. The zero-order valence-corrected chi connectivity index (χ0v) is 10.8. The van der Waals surface area contributed by atoms with Crippen LogP contribution in [0.2, 0.25) is 0 Å². The molecule has 0 aliphatic rings. The Bertz CT molecular complexity index is 465. The minimum absolute atomic E-state index is 0.0145. The van der Waals surface area contributed by atoms with E-state index >= 15 is 0 Å². The van der Waals surface area contributed by atoms with Gasteiger partial charge in [-0.2, -0.15) is 0 Å². The lowest BCUT2D eigenvalue weighted by Crippen LogP contribution is -2.22. The van der Waals surface area contributed by atoms with Crippen LogP contribution in [-0.4, -0.2) is 29.3 Å². The van der Waals surface area contributed by atoms with Crippen LogP contribution < -0.4 is 5.32 Å². The second-order valence-electron chi connectivity index (χ2n) is 4.25. The Hall–Kier alpha value is -2.17. The molecule has 2 N–H and O–H groups in total. The predicted molar refractivity (Wildman–Crippen MR) is 70.0 cm³/mol. The molecule has 19 heavy (non-hydrogen) atoms. The number of rotatable bonds is 7. The molecule has 0 aromatic heterocycles. The lowest BCUT2D eigenvalue weighted by Gasteiger charge is -2.04. The van der Waals surface area contributed by atoms with Crippen LogP contribution >= 0.6 is 0 Å². The van der Waals surface area contributed by atoms with Gasteiger partial charge in [0, 0.05) is 25.5 Å². The molecule has 5 heteroatoms. The van der Waals surface area contributed by atoms with Gasteiger partial charge in [-0.15, -0.1) is 0 Å². The van der Waals surface area contributed by atoms with Crippen molar-refractivity contribution in [2.24, 2.45) is 0 Å². The summed E-state index contributed by atoms with van der Waals surface area (Å²) in [6, 6.07) is 7.01. The Morgan fingerprint density at radius 1 is 1.11 bits per heavy atom. The van der Waals surface area contributed by atoms with Gasteiger partial charge in [0.05, 0.1) is 6.42 Å². The quantitative estimate of drug-likeness (QED) is 0.729. The normalized spacial score (nSPS) is 9.95. The second-order valence-corrected chi connectivity index (χ2v) is 4.25. The number of carboxylic acid groups (broad SMARTS) is 1. The molecule has 0 aliphatic carbocycles. The average molecular weight is 263 g/mol. The largest absolute Gasteiger partial charge is 0.481 e. The molecule has 1 aromatic carbocycles. The maximum atomic E-state index is 11.6. The first-order valence-electron chi connectivity index (χ1n) is 6.07. The lowest BCUT2D eigenvalue weighted by molar-refractivity contribution is -0.137. The molecule has 5 nitrogen and oxygen atoms in total. The SMILES string of the molecule is CC(=O)NCCc1ccc(C(=O)CCC(=O)O)cc1. The van der Waals surface area contributed by atoms with Crippen molar-refractivity contribution in [3.8, 4) is 0 Å². The molecular formula is C14H17NO4. The fourth-order valence-corrected chi connectivity index (χ4v) is 1.60. The van der Waals surface area contributed by atoms with Gasteiger partial charge in [-0.05, 0) is 12.0 Å². The van der Waals surface area contributed by atoms with Crippen LogP contribution in [0.3, 0.4) is 0 Å². The van der Waals surface area contributed by atoms with Gasteiger partial charge in [-0.3, -0.25) is 14.4 Å². The summed E-state index contributed by atoms with van der Waals surface area (Å²) in [5.74, 6) is -1.21. The highest BCUT2D eigenvalue weighted by Gasteiger charge is 2.08. The van der Waals surface area contributed by atoms with E-state index in [1.807, 2.05) is 12.1 Å². The molecule has 102 valence electrons. The molecule has 0 heterocycles. The first kappa shape index (κ1) is 14.9. The standard InChI is InChI=1S/C14H17NO4/c1-10(16)15-9-8-11-2-4-12(5-3-11)13(17)6-7-14(18)19/h2-5H,6-9H2,1H3,(H,15,16)(H,18,19). The lowest BCUT2D eigenvalue weighted by atomic mass is 10.0. The van der Waals surface area contributed by atoms with Crippen molar-refractivity contribution in [2.45, 2.75) is 26.2 Å². The first-order chi connectivity index (χ1) is 8.99. The van der Waals surface area contributed by atoms with Crippen LogP contribution in [0.5, 0.6) is 0 Å². The van der Waals surface area contributed by atoms with Gasteiger partial charge in [0.1, 0.15) is 0 Å². The Morgan fingerprint density at radius 2 is 1.74 bits per heavy atom. The third-order valence-electron chi connectivity index (χ3n) is 2.63. The van der Waals surface area contributed by atoms with E-state index in [9.17, 15) is 14.4 Å². The fourth-order valence-electron chi connectivity index (χ4n) is 1.60. The maximum absolute atomic E-state index is 11.6. The van der Waals surface area contributed by atoms with Crippen LogP contribution in [-0.2, 0) is 16.0 Å². The van der Waals surface area contributed by atoms with Crippen molar-refractivity contribution < 1.29 is 19.5 Å². The highest BCUT2D eigenvalue weighted by molar-refractivity contribution is 5.97. The summed E-state index contributed by atoms with van der Waals surface area (Å²) in [6.45, 7) is 2.02. The number of carboxylic acids is 1. The molecule has 1 amide bonds. The van der Waals surface area contributed by atoms with Gasteiger partial charge in [0.2, 0.25) is 5.91 Å². The topological polar surface area (TPSA) is 83.5 Å². The van der Waals surface area contributed by atoms with Crippen molar-refractivity contribution in [2.75, 3.05) is 6.54 Å². The number of nitrogens with one attached hydrogen (secondary N) is 1. The monoisotopic (exact) mass is 263 g/mol. The van der Waals surface area contributed by atoms with E-state index in [-0.39, 0.29) is 24.5 Å². The average Bonchev–Trinajstić information content (AvgIpc) is 2.36. The number of amides is 1. The van der Waals surface area contributed by atoms with Gasteiger partial charge >= 0.3 is 5.97 Å². The van der Waals surface area contributed by atoms with Crippen LogP contribution in [0, 0.1) is 0 Å². The molecule has 0 spiro atoms. The Balaban J connectivity index is 2.48. The van der Waals surface area contributed by atoms with Crippen molar-refractivity contribution in [3.63, 3.8) is 0 Å². The maximum Gasteiger partial charge on any atom is 0.303 e. The van der Waals surface area contributed by atoms with E-state index in [4.69, 9.17) is 5.11 Å². The van der Waals surface area contributed by atoms with Gasteiger partial charge in [-0.1, -0.05) is 24.3 Å². The summed E-state index contributed by atoms with van der Waals surface area (Å²) >= 11 is 0. The second kappa shape index (κ2) is 7.31. The van der Waals surface area contributed by atoms with Crippen LogP contribution in [0.25, 0.3) is 0 Å². The van der Waals surface area contributed by atoms with Gasteiger partial charge < -0.3 is 10.4 Å². The first-order valence-corrected chi connectivity index (χ1v) is 6.07. The Kier molecular flexibility index (Phi) is 5.73. The van der Waals surface area contributed by atoms with Gasteiger partial charge in [0.25, 0.3) is 0 Å². The van der Waals surface area contributed by atoms with E-state index in [1.54, 1.807) is 12.1 Å². The number of Topliss-reactive ketones (excluding diaryl/α,β-unsaturated/α-hetero) is 1. The van der Waals surface area contributed by atoms with Crippen molar-refractivity contribution in [3.05, 3.63) is 35.4 Å². The molecule has 0 unspecified atom stereocenters. The van der Waals surface area contributed by atoms with Gasteiger partial charge in [-0.25, -0.2) is 0 Å². The number of carbonyl (C=O) groups is 3. The molecular weight excluding hydrogens is 246 g/mol. The minimum Gasteiger partial charge on any atom is -0.481 e. The molecule has 0 atom stereocenters. The van der Waals surface area contributed by atoms with Crippen LogP contribution in [0.4, 0.5) is 0 Å². The number of aliphatic carboxylic acids is 1. The number of carbonyl (C=O) groups excluding carboxylic acids is 2. The molecule has 1 aromatic rings. The summed E-state index contributed by atoms with van der Waals surface area (Å²) in [6.07, 6.45) is 0.562. The summed E-state index contributed by atoms with van der Waals surface area (Å²) < 4.78 is 0. The molecule has 0 saturated heterocycles. The highest BCUT2D eigenvalue weighted by atomic mass is 16.4. The minimum atomic E-state index is -0.972. The summed E-state index contributed by atoms with van der Waals surface area (Å²) in [4.78, 5) is 32.7. The van der Waals surface area contributed by atoms with E-state index in [2.05, 4.69) is 5.32 Å². The van der Waals surface area contributed by atoms with Crippen molar-refractivity contribution >= 4 is 17.7 Å². The van der Waals surface area contributed by atoms with Crippen LogP contribution in [0.1, 0.15) is 35.7 Å². The van der Waals surface area contributed by atoms with E-state index in [1.165, 1.54) is 6.92 Å². The van der Waals surface area contributed by atoms with Crippen LogP contribution in [0.15, 0.2) is 24.3 Å². The third-order valence-corrected chi connectivity index (χ3v) is 2.63. The summed E-state index contributed by atoms with van der Waals surface area (Å²) in [7, 11) is 0. The number of ketones is 1. The zero-order valence-electron chi connectivity index (χ0n) is 10.8. The summed E-state index contributed by atoms with van der Waals surface area (Å²) in [5, 5.41) is 11.2.